The summed E-state index contributed by atoms with van der Waals surface area (Å²) in [6.07, 6.45) is 2.15. The number of halogens is 3. The fourth-order valence-corrected chi connectivity index (χ4v) is 3.07. The van der Waals surface area contributed by atoms with Crippen molar-refractivity contribution in [1.82, 2.24) is 4.90 Å². The Hall–Kier alpha value is -1.21. The Morgan fingerprint density at radius 1 is 1.12 bits per heavy atom. The van der Waals surface area contributed by atoms with E-state index >= 15 is 0 Å². The molecule has 0 aromatic heterocycles. The molecular formula is C15H13Cl3N2O3S. The monoisotopic (exact) mass is 406 g/mol. The number of carbonyl (C=O) groups is 3. The number of anilines is 1. The van der Waals surface area contributed by atoms with Gasteiger partial charge in [0.2, 0.25) is 5.91 Å². The number of amides is 3. The summed E-state index contributed by atoms with van der Waals surface area (Å²) in [6, 6.07) is 5.48. The van der Waals surface area contributed by atoms with Crippen LogP contribution in [-0.2, 0) is 14.4 Å². The molecule has 1 aliphatic heterocycles. The molecule has 0 radical (unpaired) electrons. The molecule has 1 aromatic carbocycles. The van der Waals surface area contributed by atoms with E-state index in [4.69, 9.17) is 34.8 Å². The van der Waals surface area contributed by atoms with Crippen molar-refractivity contribution in [3.8, 4) is 0 Å². The van der Waals surface area contributed by atoms with Crippen molar-refractivity contribution in [2.75, 3.05) is 17.3 Å². The van der Waals surface area contributed by atoms with Crippen molar-refractivity contribution in [2.24, 2.45) is 0 Å². The molecule has 0 aliphatic carbocycles. The lowest BCUT2D eigenvalue weighted by molar-refractivity contribution is -0.144. The van der Waals surface area contributed by atoms with Gasteiger partial charge in [-0.25, -0.2) is 0 Å². The van der Waals surface area contributed by atoms with Crippen LogP contribution in [-0.4, -0.2) is 40.7 Å². The van der Waals surface area contributed by atoms with Crippen molar-refractivity contribution in [3.63, 3.8) is 0 Å². The predicted molar refractivity (Wildman–Crippen MR) is 97.5 cm³/mol. The second kappa shape index (κ2) is 8.25. The van der Waals surface area contributed by atoms with Crippen LogP contribution in [0.3, 0.4) is 0 Å². The van der Waals surface area contributed by atoms with E-state index in [0.29, 0.717) is 16.5 Å². The Morgan fingerprint density at radius 3 is 2.17 bits per heavy atom. The quantitative estimate of drug-likeness (QED) is 0.733. The highest BCUT2D eigenvalue weighted by Gasteiger charge is 2.43. The van der Waals surface area contributed by atoms with Crippen LogP contribution in [0.2, 0.25) is 5.02 Å². The van der Waals surface area contributed by atoms with Crippen LogP contribution in [0.15, 0.2) is 34.3 Å². The maximum absolute atomic E-state index is 12.6. The number of nitrogens with zero attached hydrogens (tertiary/aromatic N) is 1. The molecule has 9 heteroatoms. The molecule has 24 heavy (non-hydrogen) atoms. The van der Waals surface area contributed by atoms with E-state index in [1.807, 2.05) is 6.26 Å². The summed E-state index contributed by atoms with van der Waals surface area (Å²) < 4.78 is 0. The van der Waals surface area contributed by atoms with Gasteiger partial charge in [-0.2, -0.15) is 11.8 Å². The number of hydrogen-bond donors (Lipinski definition) is 1. The fraction of sp³-hybridized carbons (Fsp3) is 0.267. The van der Waals surface area contributed by atoms with E-state index in [0.717, 1.165) is 4.90 Å². The maximum Gasteiger partial charge on any atom is 0.274 e. The summed E-state index contributed by atoms with van der Waals surface area (Å²) in [6.45, 7) is 0. The molecule has 0 spiro atoms. The van der Waals surface area contributed by atoms with Crippen molar-refractivity contribution >= 4 is 70.0 Å². The lowest BCUT2D eigenvalue weighted by Gasteiger charge is -2.25. The van der Waals surface area contributed by atoms with Crippen LogP contribution >= 0.6 is 46.6 Å². The van der Waals surface area contributed by atoms with Gasteiger partial charge in [0.15, 0.2) is 0 Å². The second-order valence-electron chi connectivity index (χ2n) is 4.90. The van der Waals surface area contributed by atoms with Crippen molar-refractivity contribution < 1.29 is 14.4 Å². The molecule has 1 aliphatic rings. The van der Waals surface area contributed by atoms with Crippen molar-refractivity contribution in [3.05, 3.63) is 39.4 Å². The van der Waals surface area contributed by atoms with Crippen LogP contribution in [0, 0.1) is 0 Å². The van der Waals surface area contributed by atoms with Crippen LogP contribution in [0.1, 0.15) is 6.42 Å². The van der Waals surface area contributed by atoms with Crippen LogP contribution in [0.5, 0.6) is 0 Å². The van der Waals surface area contributed by atoms with Gasteiger partial charge in [-0.15, -0.1) is 0 Å². The summed E-state index contributed by atoms with van der Waals surface area (Å²) in [5, 5.41) is 2.46. The molecule has 0 unspecified atom stereocenters. The Morgan fingerprint density at radius 2 is 1.67 bits per heavy atom. The molecule has 1 aromatic rings. The first kappa shape index (κ1) is 19.1. The van der Waals surface area contributed by atoms with Crippen LogP contribution in [0.4, 0.5) is 5.69 Å². The molecule has 1 heterocycles. The highest BCUT2D eigenvalue weighted by atomic mass is 35.5. The Kier molecular flexibility index (Phi) is 6.57. The number of benzene rings is 1. The molecule has 0 bridgehead atoms. The minimum absolute atomic E-state index is 0.284. The third-order valence-electron chi connectivity index (χ3n) is 3.33. The van der Waals surface area contributed by atoms with Gasteiger partial charge in [0, 0.05) is 10.7 Å². The number of carbonyl (C=O) groups excluding carboxylic acids is 3. The molecule has 3 amide bonds. The van der Waals surface area contributed by atoms with E-state index in [1.54, 1.807) is 24.3 Å². The van der Waals surface area contributed by atoms with Gasteiger partial charge in [0.25, 0.3) is 11.8 Å². The Bertz CT molecular complexity index is 682. The fourth-order valence-electron chi connectivity index (χ4n) is 2.14. The number of imide groups is 1. The normalized spacial score (nSPS) is 15.9. The highest BCUT2D eigenvalue weighted by molar-refractivity contribution is 7.98. The minimum atomic E-state index is -1.00. The average Bonchev–Trinajstić information content (AvgIpc) is 2.75. The summed E-state index contributed by atoms with van der Waals surface area (Å²) >= 11 is 18.8. The van der Waals surface area contributed by atoms with Crippen LogP contribution in [0.25, 0.3) is 0 Å². The second-order valence-corrected chi connectivity index (χ2v) is 7.08. The smallest absolute Gasteiger partial charge is 0.274 e. The molecular weight excluding hydrogens is 395 g/mol. The molecule has 0 saturated heterocycles. The maximum atomic E-state index is 12.6. The third-order valence-corrected chi connectivity index (χ3v) is 5.02. The van der Waals surface area contributed by atoms with E-state index in [2.05, 4.69) is 5.32 Å². The number of hydrogen-bond acceptors (Lipinski definition) is 4. The first-order valence-corrected chi connectivity index (χ1v) is 9.38. The SMILES string of the molecule is CSCC[C@@H](C(=O)Nc1ccc(Cl)cc1)N1C(=O)C(Cl)=C(Cl)C1=O. The first-order valence-electron chi connectivity index (χ1n) is 6.85. The Balaban J connectivity index is 2.22. The van der Waals surface area contributed by atoms with Gasteiger partial charge in [-0.05, 0) is 42.7 Å². The number of thioether (sulfide) groups is 1. The lowest BCUT2D eigenvalue weighted by Crippen LogP contribution is -2.48. The zero-order valence-electron chi connectivity index (χ0n) is 12.5. The average molecular weight is 408 g/mol. The van der Waals surface area contributed by atoms with Gasteiger partial charge in [0.1, 0.15) is 16.1 Å². The van der Waals surface area contributed by atoms with Crippen molar-refractivity contribution in [1.29, 1.82) is 0 Å². The molecule has 1 atom stereocenters. The number of nitrogens with one attached hydrogen (secondary N) is 1. The van der Waals surface area contributed by atoms with E-state index in [-0.39, 0.29) is 16.5 Å². The van der Waals surface area contributed by atoms with Gasteiger partial charge >= 0.3 is 0 Å². The molecule has 5 nitrogen and oxygen atoms in total. The minimum Gasteiger partial charge on any atom is -0.324 e. The predicted octanol–water partition coefficient (Wildman–Crippen LogP) is 3.46. The zero-order chi connectivity index (χ0) is 17.9. The standard InChI is InChI=1S/C15H13Cl3N2O3S/c1-24-7-6-10(20-14(22)11(17)12(18)15(20)23)13(21)19-9-4-2-8(16)3-5-9/h2-5,10H,6-7H2,1H3,(H,19,21)/t10-/m0/s1. The highest BCUT2D eigenvalue weighted by Crippen LogP contribution is 2.30. The van der Waals surface area contributed by atoms with Gasteiger partial charge < -0.3 is 5.32 Å². The molecule has 0 saturated carbocycles. The van der Waals surface area contributed by atoms with E-state index in [1.165, 1.54) is 11.8 Å². The van der Waals surface area contributed by atoms with Gasteiger partial charge in [-0.1, -0.05) is 34.8 Å². The largest absolute Gasteiger partial charge is 0.324 e. The third kappa shape index (κ3) is 4.06. The summed E-state index contributed by atoms with van der Waals surface area (Å²) in [5.41, 5.74) is 0.503. The summed E-state index contributed by atoms with van der Waals surface area (Å²) in [7, 11) is 0. The molecule has 0 fully saturated rings. The topological polar surface area (TPSA) is 66.5 Å². The van der Waals surface area contributed by atoms with Gasteiger partial charge in [-0.3, -0.25) is 19.3 Å². The van der Waals surface area contributed by atoms with Crippen LogP contribution < -0.4 is 5.32 Å². The molecule has 1 N–H and O–H groups in total. The Labute approximate surface area is 158 Å². The van der Waals surface area contributed by atoms with E-state index in [9.17, 15) is 14.4 Å². The molecule has 2 rings (SSSR count). The summed E-state index contributed by atoms with van der Waals surface area (Å²) in [5.74, 6) is -1.44. The van der Waals surface area contributed by atoms with E-state index < -0.39 is 23.8 Å². The number of rotatable bonds is 6. The van der Waals surface area contributed by atoms with Crippen molar-refractivity contribution in [2.45, 2.75) is 12.5 Å². The lowest BCUT2D eigenvalue weighted by atomic mass is 10.1. The first-order chi connectivity index (χ1) is 11.4. The molecule has 128 valence electrons. The van der Waals surface area contributed by atoms with Gasteiger partial charge in [0.05, 0.1) is 0 Å². The zero-order valence-corrected chi connectivity index (χ0v) is 15.6. The summed E-state index contributed by atoms with van der Waals surface area (Å²) in [4.78, 5) is 37.7.